The van der Waals surface area contributed by atoms with Crippen LogP contribution in [-0.2, 0) is 22.8 Å². The Labute approximate surface area is 265 Å². The average Bonchev–Trinajstić information content (AvgIpc) is 2.99. The summed E-state index contributed by atoms with van der Waals surface area (Å²) in [4.78, 5) is 39.7. The molecule has 1 aliphatic heterocycles. The van der Waals surface area contributed by atoms with Crippen molar-refractivity contribution < 1.29 is 28.6 Å². The first-order chi connectivity index (χ1) is 20.7. The van der Waals surface area contributed by atoms with E-state index >= 15 is 0 Å². The Bertz CT molecular complexity index is 1730. The summed E-state index contributed by atoms with van der Waals surface area (Å²) in [6, 6.07) is 23.6. The largest absolute Gasteiger partial charge is 0.493 e. The Balaban J connectivity index is 1.34. The SMILES string of the molecule is COc1cc(/C=C2\C(=O)NC(=O)N(c3ccc(OCc4ccc(Br)cc4)cc3)C2=O)cc(Cl)c1OCc1cccc(Cl)c1. The maximum Gasteiger partial charge on any atom is 0.335 e. The van der Waals surface area contributed by atoms with Gasteiger partial charge in [0, 0.05) is 9.50 Å². The van der Waals surface area contributed by atoms with Crippen molar-refractivity contribution in [2.24, 2.45) is 0 Å². The number of carbonyl (C=O) groups excluding carboxylic acids is 3. The summed E-state index contributed by atoms with van der Waals surface area (Å²) in [6.45, 7) is 0.525. The number of anilines is 1. The van der Waals surface area contributed by atoms with Crippen LogP contribution in [0.2, 0.25) is 10.0 Å². The number of benzene rings is 4. The quantitative estimate of drug-likeness (QED) is 0.145. The normalized spacial score (nSPS) is 14.1. The van der Waals surface area contributed by atoms with E-state index in [0.717, 1.165) is 20.5 Å². The second-order valence-electron chi connectivity index (χ2n) is 9.32. The minimum absolute atomic E-state index is 0.184. The second-order valence-corrected chi connectivity index (χ2v) is 11.1. The maximum absolute atomic E-state index is 13.4. The Hall–Kier alpha value is -4.31. The van der Waals surface area contributed by atoms with Crippen LogP contribution >= 0.6 is 39.1 Å². The van der Waals surface area contributed by atoms with Gasteiger partial charge in [0.05, 0.1) is 17.8 Å². The molecule has 1 fully saturated rings. The predicted molar refractivity (Wildman–Crippen MR) is 168 cm³/mol. The molecule has 0 aromatic heterocycles. The van der Waals surface area contributed by atoms with Gasteiger partial charge in [-0.1, -0.05) is 63.4 Å². The van der Waals surface area contributed by atoms with Crippen LogP contribution in [0.25, 0.3) is 6.08 Å². The van der Waals surface area contributed by atoms with Crippen molar-refractivity contribution in [2.45, 2.75) is 13.2 Å². The zero-order valence-corrected chi connectivity index (χ0v) is 25.7. The molecule has 1 heterocycles. The lowest BCUT2D eigenvalue weighted by atomic mass is 10.1. The maximum atomic E-state index is 13.4. The number of rotatable bonds is 9. The number of ether oxygens (including phenoxy) is 3. The highest BCUT2D eigenvalue weighted by Gasteiger charge is 2.37. The molecule has 4 amide bonds. The fourth-order valence-electron chi connectivity index (χ4n) is 4.24. The molecule has 1 saturated heterocycles. The van der Waals surface area contributed by atoms with Gasteiger partial charge in [0.25, 0.3) is 11.8 Å². The first-order valence-corrected chi connectivity index (χ1v) is 14.4. The number of hydrogen-bond acceptors (Lipinski definition) is 6. The van der Waals surface area contributed by atoms with Gasteiger partial charge in [-0.15, -0.1) is 0 Å². The Morgan fingerprint density at radius 1 is 0.860 bits per heavy atom. The monoisotopic (exact) mass is 680 g/mol. The molecule has 11 heteroatoms. The molecule has 8 nitrogen and oxygen atoms in total. The van der Waals surface area contributed by atoms with Crippen molar-refractivity contribution in [1.82, 2.24) is 5.32 Å². The van der Waals surface area contributed by atoms with E-state index in [9.17, 15) is 14.4 Å². The third-order valence-corrected chi connectivity index (χ3v) is 7.39. The minimum atomic E-state index is -0.865. The van der Waals surface area contributed by atoms with Crippen LogP contribution < -0.4 is 24.4 Å². The number of barbiturate groups is 1. The highest BCUT2D eigenvalue weighted by molar-refractivity contribution is 9.10. The van der Waals surface area contributed by atoms with Crippen molar-refractivity contribution in [3.05, 3.63) is 122 Å². The number of carbonyl (C=O) groups is 3. The van der Waals surface area contributed by atoms with E-state index in [1.54, 1.807) is 42.5 Å². The summed E-state index contributed by atoms with van der Waals surface area (Å²) in [5.41, 5.74) is 2.19. The standard InChI is InChI=1S/C32H23BrCl2N2O6/c1-41-28-16-21(15-27(35)29(28)43-18-20-3-2-4-23(34)13-20)14-26-30(38)36-32(40)37(31(26)39)24-9-11-25(12-10-24)42-17-19-5-7-22(33)8-6-19/h2-16H,17-18H2,1H3,(H,36,38,40)/b26-14+. The lowest BCUT2D eigenvalue weighted by molar-refractivity contribution is -0.122. The lowest BCUT2D eigenvalue weighted by Gasteiger charge is -2.26. The number of hydrogen-bond donors (Lipinski definition) is 1. The van der Waals surface area contributed by atoms with Crippen LogP contribution in [0.3, 0.4) is 0 Å². The summed E-state index contributed by atoms with van der Waals surface area (Å²) in [5.74, 6) is -0.518. The van der Waals surface area contributed by atoms with Crippen molar-refractivity contribution >= 4 is 68.7 Å². The van der Waals surface area contributed by atoms with Gasteiger partial charge >= 0.3 is 6.03 Å². The topological polar surface area (TPSA) is 94.2 Å². The first-order valence-electron chi connectivity index (χ1n) is 12.9. The van der Waals surface area contributed by atoms with Crippen LogP contribution in [0.4, 0.5) is 10.5 Å². The van der Waals surface area contributed by atoms with Gasteiger partial charge in [0.15, 0.2) is 11.5 Å². The molecular weight excluding hydrogens is 659 g/mol. The molecule has 0 bridgehead atoms. The van der Waals surface area contributed by atoms with E-state index < -0.39 is 17.8 Å². The van der Waals surface area contributed by atoms with Gasteiger partial charge in [-0.3, -0.25) is 14.9 Å². The van der Waals surface area contributed by atoms with E-state index in [1.165, 1.54) is 19.3 Å². The van der Waals surface area contributed by atoms with Crippen LogP contribution in [-0.4, -0.2) is 25.0 Å². The van der Waals surface area contributed by atoms with Crippen LogP contribution in [0, 0.1) is 0 Å². The zero-order chi connectivity index (χ0) is 30.5. The van der Waals surface area contributed by atoms with Gasteiger partial charge in [-0.25, -0.2) is 9.69 Å². The van der Waals surface area contributed by atoms with Gasteiger partial charge in [0.1, 0.15) is 24.5 Å². The summed E-state index contributed by atoms with van der Waals surface area (Å²) < 4.78 is 18.1. The van der Waals surface area contributed by atoms with Crippen molar-refractivity contribution in [2.75, 3.05) is 12.0 Å². The van der Waals surface area contributed by atoms with Crippen molar-refractivity contribution in [3.63, 3.8) is 0 Å². The van der Waals surface area contributed by atoms with Crippen LogP contribution in [0.5, 0.6) is 17.2 Å². The third-order valence-electron chi connectivity index (χ3n) is 6.35. The smallest absolute Gasteiger partial charge is 0.335 e. The molecule has 1 N–H and O–H groups in total. The number of nitrogens with one attached hydrogen (secondary N) is 1. The molecule has 218 valence electrons. The fourth-order valence-corrected chi connectivity index (χ4v) is 4.99. The van der Waals surface area contributed by atoms with E-state index in [-0.39, 0.29) is 34.4 Å². The molecule has 0 radical (unpaired) electrons. The minimum Gasteiger partial charge on any atom is -0.493 e. The number of nitrogens with zero attached hydrogens (tertiary/aromatic N) is 1. The molecule has 0 aliphatic carbocycles. The molecule has 0 unspecified atom stereocenters. The number of halogens is 3. The van der Waals surface area contributed by atoms with Crippen LogP contribution in [0.1, 0.15) is 16.7 Å². The average molecular weight is 682 g/mol. The highest BCUT2D eigenvalue weighted by atomic mass is 79.9. The number of methoxy groups -OCH3 is 1. The van der Waals surface area contributed by atoms with E-state index in [2.05, 4.69) is 21.2 Å². The fraction of sp³-hybridized carbons (Fsp3) is 0.0938. The molecule has 5 rings (SSSR count). The van der Waals surface area contributed by atoms with Gasteiger partial charge in [-0.2, -0.15) is 0 Å². The van der Waals surface area contributed by atoms with E-state index in [1.807, 2.05) is 36.4 Å². The van der Waals surface area contributed by atoms with Crippen molar-refractivity contribution in [3.8, 4) is 17.2 Å². The van der Waals surface area contributed by atoms with Crippen LogP contribution in [0.15, 0.2) is 95.0 Å². The molecule has 1 aliphatic rings. The molecule has 43 heavy (non-hydrogen) atoms. The Morgan fingerprint density at radius 3 is 2.28 bits per heavy atom. The predicted octanol–water partition coefficient (Wildman–Crippen LogP) is 7.59. The number of urea groups is 1. The first kappa shape index (κ1) is 30.2. The summed E-state index contributed by atoms with van der Waals surface area (Å²) in [5, 5.41) is 2.99. The van der Waals surface area contributed by atoms with E-state index in [4.69, 9.17) is 37.4 Å². The lowest BCUT2D eigenvalue weighted by Crippen LogP contribution is -2.54. The third kappa shape index (κ3) is 7.19. The Kier molecular flexibility index (Phi) is 9.35. The summed E-state index contributed by atoms with van der Waals surface area (Å²) in [7, 11) is 1.44. The molecule has 0 saturated carbocycles. The van der Waals surface area contributed by atoms with Gasteiger partial charge in [0.2, 0.25) is 0 Å². The van der Waals surface area contributed by atoms with Crippen molar-refractivity contribution in [1.29, 1.82) is 0 Å². The number of amides is 4. The second kappa shape index (κ2) is 13.3. The molecule has 0 spiro atoms. The molecule has 0 atom stereocenters. The molecule has 4 aromatic rings. The zero-order valence-electron chi connectivity index (χ0n) is 22.6. The molecule has 4 aromatic carbocycles. The molecular formula is C32H23BrCl2N2O6. The summed E-state index contributed by atoms with van der Waals surface area (Å²) in [6.07, 6.45) is 1.34. The highest BCUT2D eigenvalue weighted by Crippen LogP contribution is 2.38. The van der Waals surface area contributed by atoms with E-state index in [0.29, 0.717) is 22.9 Å². The van der Waals surface area contributed by atoms with Gasteiger partial charge in [-0.05, 0) is 83.4 Å². The number of imide groups is 2. The Morgan fingerprint density at radius 2 is 1.58 bits per heavy atom. The summed E-state index contributed by atoms with van der Waals surface area (Å²) >= 11 is 16.0. The van der Waals surface area contributed by atoms with Gasteiger partial charge < -0.3 is 14.2 Å².